The summed E-state index contributed by atoms with van der Waals surface area (Å²) in [6, 6.07) is 0.496. The highest BCUT2D eigenvalue weighted by atomic mass is 32.2. The van der Waals surface area contributed by atoms with Crippen LogP contribution in [0.4, 0.5) is 4.79 Å². The van der Waals surface area contributed by atoms with Crippen molar-refractivity contribution >= 4 is 23.7 Å². The maximum Gasteiger partial charge on any atom is 0.315 e. The third-order valence-corrected chi connectivity index (χ3v) is 7.55. The molecule has 8 heteroatoms. The molecule has 27 heavy (non-hydrogen) atoms. The van der Waals surface area contributed by atoms with Gasteiger partial charge in [0.1, 0.15) is 0 Å². The fourth-order valence-electron chi connectivity index (χ4n) is 4.94. The molecule has 3 aliphatic heterocycles. The Hall–Kier alpha value is -0.990. The lowest BCUT2D eigenvalue weighted by Gasteiger charge is -2.50. The Labute approximate surface area is 166 Å². The largest absolute Gasteiger partial charge is 0.353 e. The molecule has 3 aliphatic rings. The molecule has 3 N–H and O–H groups in total. The summed E-state index contributed by atoms with van der Waals surface area (Å²) in [5, 5.41) is 23.1. The van der Waals surface area contributed by atoms with E-state index < -0.39 is 11.1 Å². The molecule has 0 aliphatic carbocycles. The van der Waals surface area contributed by atoms with Gasteiger partial charge in [-0.05, 0) is 53.4 Å². The Morgan fingerprint density at radius 1 is 1.19 bits per heavy atom. The highest BCUT2D eigenvalue weighted by Crippen LogP contribution is 2.37. The van der Waals surface area contributed by atoms with Gasteiger partial charge in [0.15, 0.2) is 0 Å². The molecule has 0 aromatic rings. The van der Waals surface area contributed by atoms with Gasteiger partial charge in [0.25, 0.3) is 0 Å². The summed E-state index contributed by atoms with van der Waals surface area (Å²) in [6.45, 7) is 7.79. The van der Waals surface area contributed by atoms with Crippen molar-refractivity contribution in [2.24, 2.45) is 0 Å². The van der Waals surface area contributed by atoms with E-state index in [1.54, 1.807) is 0 Å². The minimum atomic E-state index is -0.463. The quantitative estimate of drug-likeness (QED) is 0.473. The average molecular weight is 398 g/mol. The lowest BCUT2D eigenvalue weighted by atomic mass is 9.79. The summed E-state index contributed by atoms with van der Waals surface area (Å²) < 4.78 is 0. The van der Waals surface area contributed by atoms with Crippen LogP contribution in [0.25, 0.3) is 0 Å². The number of fused-ring (bicyclic) bond motifs is 1. The Kier molecular flexibility index (Phi) is 5.99. The SMILES string of the molecule is CC1(C)CC(NC(=O)CCCCC2SCC3NC(=O)NC32)CC(C)(C)N1[O]. The summed E-state index contributed by atoms with van der Waals surface area (Å²) >= 11 is 1.91. The van der Waals surface area contributed by atoms with Gasteiger partial charge < -0.3 is 16.0 Å². The van der Waals surface area contributed by atoms with Crippen LogP contribution in [-0.2, 0) is 10.0 Å². The number of nitrogens with zero attached hydrogens (tertiary/aromatic N) is 1. The molecule has 3 saturated heterocycles. The van der Waals surface area contributed by atoms with E-state index in [4.69, 9.17) is 0 Å². The topological polar surface area (TPSA) is 93.4 Å². The van der Waals surface area contributed by atoms with Crippen LogP contribution in [0.15, 0.2) is 0 Å². The van der Waals surface area contributed by atoms with Crippen LogP contribution < -0.4 is 16.0 Å². The zero-order valence-electron chi connectivity index (χ0n) is 16.8. The second kappa shape index (κ2) is 7.79. The predicted octanol–water partition coefficient (Wildman–Crippen LogP) is 2.20. The van der Waals surface area contributed by atoms with Gasteiger partial charge >= 0.3 is 6.03 Å². The highest BCUT2D eigenvalue weighted by Gasteiger charge is 2.46. The fourth-order valence-corrected chi connectivity index (χ4v) is 6.48. The molecule has 3 atom stereocenters. The smallest absolute Gasteiger partial charge is 0.315 e. The second-order valence-corrected chi connectivity index (χ2v) is 10.7. The molecule has 0 saturated carbocycles. The van der Waals surface area contributed by atoms with E-state index in [9.17, 15) is 14.8 Å². The first kappa shape index (κ1) is 20.7. The minimum Gasteiger partial charge on any atom is -0.353 e. The lowest BCUT2D eigenvalue weighted by molar-refractivity contribution is -0.290. The van der Waals surface area contributed by atoms with Crippen LogP contribution >= 0.6 is 11.8 Å². The van der Waals surface area contributed by atoms with E-state index in [0.29, 0.717) is 24.5 Å². The van der Waals surface area contributed by atoms with Gasteiger partial charge in [-0.1, -0.05) is 6.42 Å². The third-order valence-electron chi connectivity index (χ3n) is 6.04. The Bertz CT molecular complexity index is 565. The van der Waals surface area contributed by atoms with Crippen molar-refractivity contribution in [2.45, 2.75) is 101 Å². The van der Waals surface area contributed by atoms with Crippen molar-refractivity contribution in [3.63, 3.8) is 0 Å². The number of rotatable bonds is 6. The van der Waals surface area contributed by atoms with E-state index in [1.807, 2.05) is 39.5 Å². The van der Waals surface area contributed by atoms with Gasteiger partial charge in [-0.15, -0.1) is 10.3 Å². The molecule has 0 aromatic carbocycles. The average Bonchev–Trinajstić information content (AvgIpc) is 3.08. The Balaban J connectivity index is 1.37. The molecule has 7 nitrogen and oxygen atoms in total. The number of thioether (sulfide) groups is 1. The normalized spacial score (nSPS) is 32.6. The van der Waals surface area contributed by atoms with Crippen LogP contribution in [0.3, 0.4) is 0 Å². The molecule has 0 aromatic heterocycles. The van der Waals surface area contributed by atoms with Crippen molar-refractivity contribution in [2.75, 3.05) is 5.75 Å². The number of urea groups is 1. The number of carbonyl (C=O) groups excluding carboxylic acids is 2. The number of hydrogen-bond acceptors (Lipinski definition) is 4. The zero-order chi connectivity index (χ0) is 19.8. The van der Waals surface area contributed by atoms with E-state index in [2.05, 4.69) is 16.0 Å². The molecule has 3 amide bonds. The number of hydrogen-bond donors (Lipinski definition) is 3. The van der Waals surface area contributed by atoms with Crippen LogP contribution in [0, 0.1) is 0 Å². The van der Waals surface area contributed by atoms with Crippen LogP contribution in [-0.4, -0.2) is 57.2 Å². The number of carbonyl (C=O) groups is 2. The first-order chi connectivity index (χ1) is 12.6. The molecule has 3 fully saturated rings. The minimum absolute atomic E-state index is 0.0512. The lowest BCUT2D eigenvalue weighted by Crippen LogP contribution is -2.62. The number of piperidine rings is 1. The van der Waals surface area contributed by atoms with Crippen LogP contribution in [0.2, 0.25) is 0 Å². The van der Waals surface area contributed by atoms with E-state index in [0.717, 1.165) is 25.0 Å². The Morgan fingerprint density at radius 2 is 1.85 bits per heavy atom. The van der Waals surface area contributed by atoms with Gasteiger partial charge in [-0.3, -0.25) is 4.79 Å². The molecular formula is C19H33N4O3S. The van der Waals surface area contributed by atoms with E-state index >= 15 is 0 Å². The first-order valence-corrected chi connectivity index (χ1v) is 11.1. The first-order valence-electron chi connectivity index (χ1n) is 10.0. The number of hydroxylamine groups is 2. The summed E-state index contributed by atoms with van der Waals surface area (Å²) in [5.74, 6) is 1.05. The second-order valence-electron chi connectivity index (χ2n) is 9.46. The third kappa shape index (κ3) is 4.71. The van der Waals surface area contributed by atoms with Crippen molar-refractivity contribution in [3.05, 3.63) is 0 Å². The van der Waals surface area contributed by atoms with E-state index in [1.165, 1.54) is 5.06 Å². The highest BCUT2D eigenvalue weighted by molar-refractivity contribution is 8.00. The maximum absolute atomic E-state index is 12.4. The fraction of sp³-hybridized carbons (Fsp3) is 0.895. The van der Waals surface area contributed by atoms with Gasteiger partial charge in [0, 0.05) is 34.5 Å². The van der Waals surface area contributed by atoms with Gasteiger partial charge in [-0.25, -0.2) is 4.79 Å². The van der Waals surface area contributed by atoms with Crippen LogP contribution in [0.5, 0.6) is 0 Å². The molecular weight excluding hydrogens is 364 g/mol. The number of unbranched alkanes of at least 4 members (excludes halogenated alkanes) is 1. The number of nitrogens with one attached hydrogen (secondary N) is 3. The van der Waals surface area contributed by atoms with Crippen molar-refractivity contribution in [3.8, 4) is 0 Å². The molecule has 153 valence electrons. The molecule has 0 spiro atoms. The Morgan fingerprint density at radius 3 is 2.52 bits per heavy atom. The molecule has 1 radical (unpaired) electrons. The molecule has 3 rings (SSSR count). The molecule has 3 heterocycles. The van der Waals surface area contributed by atoms with Crippen molar-refractivity contribution in [1.82, 2.24) is 21.0 Å². The maximum atomic E-state index is 12.4. The summed E-state index contributed by atoms with van der Waals surface area (Å²) in [4.78, 5) is 23.8. The predicted molar refractivity (Wildman–Crippen MR) is 106 cm³/mol. The van der Waals surface area contributed by atoms with Crippen molar-refractivity contribution < 1.29 is 14.8 Å². The van der Waals surface area contributed by atoms with E-state index in [-0.39, 0.29) is 30.1 Å². The summed E-state index contributed by atoms with van der Waals surface area (Å²) in [7, 11) is 0. The summed E-state index contributed by atoms with van der Waals surface area (Å²) in [5.41, 5.74) is -0.925. The standard InChI is InChI=1S/C19H33N4O3S/c1-18(2)9-12(10-19(3,4)23(18)26)20-15(24)8-6-5-7-14-16-13(11-27-14)21-17(25)22-16/h12-14,16H,5-11H2,1-4H3,(H,20,24)(H2,21,22,25). The van der Waals surface area contributed by atoms with Gasteiger partial charge in [0.2, 0.25) is 5.91 Å². The zero-order valence-corrected chi connectivity index (χ0v) is 17.7. The van der Waals surface area contributed by atoms with Crippen LogP contribution in [0.1, 0.15) is 66.2 Å². The summed E-state index contributed by atoms with van der Waals surface area (Å²) in [6.07, 6.45) is 4.75. The van der Waals surface area contributed by atoms with Gasteiger partial charge in [0.05, 0.1) is 12.1 Å². The monoisotopic (exact) mass is 397 g/mol. The van der Waals surface area contributed by atoms with Crippen molar-refractivity contribution in [1.29, 1.82) is 0 Å². The molecule has 3 unspecified atom stereocenters. The molecule has 0 bridgehead atoms. The number of amides is 3. The van der Waals surface area contributed by atoms with Gasteiger partial charge in [-0.2, -0.15) is 11.8 Å².